The van der Waals surface area contributed by atoms with Gasteiger partial charge in [0.2, 0.25) is 5.91 Å². The first-order valence-electron chi connectivity index (χ1n) is 7.93. The molecular formula is C19H22N2O3. The quantitative estimate of drug-likeness (QED) is 0.765. The molecule has 5 heteroatoms. The van der Waals surface area contributed by atoms with E-state index in [-0.39, 0.29) is 11.9 Å². The van der Waals surface area contributed by atoms with E-state index < -0.39 is 0 Å². The molecule has 2 rings (SSSR count). The Balaban J connectivity index is 1.80. The predicted molar refractivity (Wildman–Crippen MR) is 95.3 cm³/mol. The van der Waals surface area contributed by atoms with Crippen molar-refractivity contribution in [2.24, 2.45) is 0 Å². The average Bonchev–Trinajstić information content (AvgIpc) is 2.62. The van der Waals surface area contributed by atoms with E-state index in [1.807, 2.05) is 30.3 Å². The highest BCUT2D eigenvalue weighted by molar-refractivity contribution is 5.91. The highest BCUT2D eigenvalue weighted by Crippen LogP contribution is 2.12. The number of esters is 1. The van der Waals surface area contributed by atoms with E-state index in [1.165, 1.54) is 12.7 Å². The van der Waals surface area contributed by atoms with Crippen molar-refractivity contribution in [2.75, 3.05) is 24.3 Å². The van der Waals surface area contributed by atoms with Crippen molar-refractivity contribution >= 4 is 23.3 Å². The Morgan fingerprint density at radius 1 is 1.04 bits per heavy atom. The average molecular weight is 326 g/mol. The molecule has 2 aromatic rings. The normalized spacial score (nSPS) is 10.1. The van der Waals surface area contributed by atoms with E-state index in [4.69, 9.17) is 0 Å². The molecule has 24 heavy (non-hydrogen) atoms. The van der Waals surface area contributed by atoms with Gasteiger partial charge in [0.15, 0.2) is 0 Å². The zero-order chi connectivity index (χ0) is 17.4. The smallest absolute Gasteiger partial charge is 0.337 e. The highest BCUT2D eigenvalue weighted by Gasteiger charge is 2.06. The number of rotatable bonds is 7. The molecule has 0 fully saturated rings. The van der Waals surface area contributed by atoms with E-state index in [9.17, 15) is 9.59 Å². The Morgan fingerprint density at radius 2 is 1.79 bits per heavy atom. The van der Waals surface area contributed by atoms with Crippen LogP contribution in [0.1, 0.15) is 29.3 Å². The summed E-state index contributed by atoms with van der Waals surface area (Å²) in [5.74, 6) is -0.442. The van der Waals surface area contributed by atoms with Crippen LogP contribution in [0.5, 0.6) is 0 Å². The number of aryl methyl sites for hydroxylation is 1. The van der Waals surface area contributed by atoms with Crippen molar-refractivity contribution in [3.63, 3.8) is 0 Å². The van der Waals surface area contributed by atoms with Crippen LogP contribution in [-0.4, -0.2) is 25.5 Å². The zero-order valence-corrected chi connectivity index (χ0v) is 14.0. The van der Waals surface area contributed by atoms with E-state index >= 15 is 0 Å². The Labute approximate surface area is 142 Å². The second-order valence-corrected chi connectivity index (χ2v) is 5.35. The Kier molecular flexibility index (Phi) is 6.37. The minimum Gasteiger partial charge on any atom is -0.465 e. The lowest BCUT2D eigenvalue weighted by atomic mass is 10.1. The van der Waals surface area contributed by atoms with E-state index in [2.05, 4.69) is 22.3 Å². The molecule has 0 aliphatic rings. The lowest BCUT2D eigenvalue weighted by Crippen LogP contribution is -2.16. The minimum absolute atomic E-state index is 0.0594. The summed E-state index contributed by atoms with van der Waals surface area (Å²) in [6.07, 6.45) is 1.31. The van der Waals surface area contributed by atoms with E-state index in [0.29, 0.717) is 18.5 Å². The van der Waals surface area contributed by atoms with Gasteiger partial charge in [-0.25, -0.2) is 4.79 Å². The summed E-state index contributed by atoms with van der Waals surface area (Å²) < 4.78 is 4.69. The van der Waals surface area contributed by atoms with Crippen molar-refractivity contribution in [3.8, 4) is 0 Å². The number of anilines is 2. The lowest BCUT2D eigenvalue weighted by molar-refractivity contribution is -0.115. The lowest BCUT2D eigenvalue weighted by Gasteiger charge is -2.09. The number of hydrogen-bond acceptors (Lipinski definition) is 4. The first-order chi connectivity index (χ1) is 11.6. The summed E-state index contributed by atoms with van der Waals surface area (Å²) in [4.78, 5) is 23.4. The molecule has 0 saturated heterocycles. The summed E-state index contributed by atoms with van der Waals surface area (Å²) in [6, 6.07) is 14.8. The van der Waals surface area contributed by atoms with Gasteiger partial charge in [0, 0.05) is 24.3 Å². The molecule has 0 spiro atoms. The second-order valence-electron chi connectivity index (χ2n) is 5.35. The van der Waals surface area contributed by atoms with Gasteiger partial charge in [-0.15, -0.1) is 0 Å². The summed E-state index contributed by atoms with van der Waals surface area (Å²) >= 11 is 0. The maximum absolute atomic E-state index is 12.0. The number of methoxy groups -OCH3 is 1. The fourth-order valence-electron chi connectivity index (χ4n) is 2.24. The number of ether oxygens (including phenoxy) is 1. The number of amides is 1. The maximum Gasteiger partial charge on any atom is 0.337 e. The van der Waals surface area contributed by atoms with Crippen molar-refractivity contribution < 1.29 is 14.3 Å². The number of hydrogen-bond donors (Lipinski definition) is 2. The molecule has 2 aromatic carbocycles. The number of carbonyl (C=O) groups excluding carboxylic acids is 2. The van der Waals surface area contributed by atoms with Gasteiger partial charge < -0.3 is 15.4 Å². The van der Waals surface area contributed by atoms with Gasteiger partial charge in [-0.2, -0.15) is 0 Å². The van der Waals surface area contributed by atoms with Crippen LogP contribution in [0.25, 0.3) is 0 Å². The monoisotopic (exact) mass is 326 g/mol. The standard InChI is InChI=1S/C19H22N2O3/c1-3-14-7-9-16(10-8-14)21-18(22)11-12-20-17-6-4-5-15(13-17)19(23)24-2/h4-10,13,20H,3,11-12H2,1-2H3,(H,21,22). The molecule has 126 valence electrons. The fraction of sp³-hybridized carbons (Fsp3) is 0.263. The van der Waals surface area contributed by atoms with E-state index in [0.717, 1.165) is 17.8 Å². The van der Waals surface area contributed by atoms with Crippen molar-refractivity contribution in [1.29, 1.82) is 0 Å². The molecule has 0 atom stereocenters. The van der Waals surface area contributed by atoms with Crippen molar-refractivity contribution in [2.45, 2.75) is 19.8 Å². The summed E-state index contributed by atoms with van der Waals surface area (Å²) in [5.41, 5.74) is 3.28. The Morgan fingerprint density at radius 3 is 2.46 bits per heavy atom. The molecule has 0 saturated carbocycles. The van der Waals surface area contributed by atoms with Crippen LogP contribution >= 0.6 is 0 Å². The van der Waals surface area contributed by atoms with Crippen LogP contribution in [0, 0.1) is 0 Å². The highest BCUT2D eigenvalue weighted by atomic mass is 16.5. The Hall–Kier alpha value is -2.82. The SMILES string of the molecule is CCc1ccc(NC(=O)CCNc2cccc(C(=O)OC)c2)cc1. The van der Waals surface area contributed by atoms with Crippen LogP contribution in [-0.2, 0) is 16.0 Å². The Bertz CT molecular complexity index is 696. The molecule has 0 heterocycles. The number of nitrogens with one attached hydrogen (secondary N) is 2. The first kappa shape index (κ1) is 17.5. The van der Waals surface area contributed by atoms with Gasteiger partial charge >= 0.3 is 5.97 Å². The van der Waals surface area contributed by atoms with Crippen molar-refractivity contribution in [1.82, 2.24) is 0 Å². The number of carbonyl (C=O) groups is 2. The molecule has 2 N–H and O–H groups in total. The summed E-state index contributed by atoms with van der Waals surface area (Å²) in [5, 5.41) is 6.00. The van der Waals surface area contributed by atoms with Crippen LogP contribution in [0.4, 0.5) is 11.4 Å². The van der Waals surface area contributed by atoms with Crippen LogP contribution < -0.4 is 10.6 Å². The van der Waals surface area contributed by atoms with Gasteiger partial charge in [0.25, 0.3) is 0 Å². The van der Waals surface area contributed by atoms with Crippen molar-refractivity contribution in [3.05, 3.63) is 59.7 Å². The van der Waals surface area contributed by atoms with E-state index in [1.54, 1.807) is 18.2 Å². The number of benzene rings is 2. The van der Waals surface area contributed by atoms with Crippen LogP contribution in [0.15, 0.2) is 48.5 Å². The van der Waals surface area contributed by atoms with Gasteiger partial charge in [0.05, 0.1) is 12.7 Å². The maximum atomic E-state index is 12.0. The second kappa shape index (κ2) is 8.72. The van der Waals surface area contributed by atoms with Gasteiger partial charge in [-0.05, 0) is 42.3 Å². The third kappa shape index (κ3) is 5.12. The largest absolute Gasteiger partial charge is 0.465 e. The van der Waals surface area contributed by atoms with Gasteiger partial charge in [-0.1, -0.05) is 25.1 Å². The fourth-order valence-corrected chi connectivity index (χ4v) is 2.24. The molecule has 5 nitrogen and oxygen atoms in total. The molecule has 1 amide bonds. The summed E-state index contributed by atoms with van der Waals surface area (Å²) in [7, 11) is 1.35. The summed E-state index contributed by atoms with van der Waals surface area (Å²) in [6.45, 7) is 2.57. The van der Waals surface area contributed by atoms with Gasteiger partial charge in [-0.3, -0.25) is 4.79 Å². The predicted octanol–water partition coefficient (Wildman–Crippen LogP) is 3.48. The minimum atomic E-state index is -0.382. The van der Waals surface area contributed by atoms with Gasteiger partial charge in [0.1, 0.15) is 0 Å². The molecule has 0 radical (unpaired) electrons. The third-order valence-corrected chi connectivity index (χ3v) is 3.61. The molecule has 0 unspecified atom stereocenters. The topological polar surface area (TPSA) is 67.4 Å². The molecule has 0 aromatic heterocycles. The van der Waals surface area contributed by atoms with Crippen LogP contribution in [0.3, 0.4) is 0 Å². The first-order valence-corrected chi connectivity index (χ1v) is 7.93. The molecule has 0 aliphatic carbocycles. The molecular weight excluding hydrogens is 304 g/mol. The molecule has 0 bridgehead atoms. The van der Waals surface area contributed by atoms with Crippen LogP contribution in [0.2, 0.25) is 0 Å². The third-order valence-electron chi connectivity index (χ3n) is 3.61. The zero-order valence-electron chi connectivity index (χ0n) is 14.0. The molecule has 0 aliphatic heterocycles.